The Kier molecular flexibility index (Phi) is 3.25. The minimum Gasteiger partial charge on any atom is -0.488 e. The van der Waals surface area contributed by atoms with E-state index in [0.717, 1.165) is 0 Å². The first-order valence-corrected chi connectivity index (χ1v) is 4.17. The number of ether oxygens (including phenoxy) is 1. The van der Waals surface area contributed by atoms with Gasteiger partial charge in [-0.2, -0.15) is 0 Å². The van der Waals surface area contributed by atoms with Gasteiger partial charge in [0.15, 0.2) is 11.6 Å². The van der Waals surface area contributed by atoms with Crippen LogP contribution in [0.5, 0.6) is 5.75 Å². The molecule has 0 bridgehead atoms. The van der Waals surface area contributed by atoms with E-state index < -0.39 is 6.10 Å². The Labute approximate surface area is 77.0 Å². The molecule has 0 fully saturated rings. The van der Waals surface area contributed by atoms with Crippen molar-refractivity contribution < 1.29 is 14.2 Å². The van der Waals surface area contributed by atoms with Crippen molar-refractivity contribution in [3.63, 3.8) is 0 Å². The highest BCUT2D eigenvalue weighted by atomic mass is 19.1. The zero-order valence-electron chi connectivity index (χ0n) is 7.75. The molecule has 0 aliphatic carbocycles. The van der Waals surface area contributed by atoms with E-state index in [1.807, 2.05) is 0 Å². The van der Waals surface area contributed by atoms with Crippen molar-refractivity contribution in [3.05, 3.63) is 29.6 Å². The zero-order valence-corrected chi connectivity index (χ0v) is 7.75. The van der Waals surface area contributed by atoms with Gasteiger partial charge in [0.2, 0.25) is 0 Å². The molecule has 72 valence electrons. The monoisotopic (exact) mass is 184 g/mol. The molecule has 0 spiro atoms. The highest BCUT2D eigenvalue weighted by molar-refractivity contribution is 5.30. The number of hydrogen-bond acceptors (Lipinski definition) is 2. The quantitative estimate of drug-likeness (QED) is 0.777. The lowest BCUT2D eigenvalue weighted by molar-refractivity contribution is 0.120. The van der Waals surface area contributed by atoms with E-state index in [1.165, 1.54) is 0 Å². The van der Waals surface area contributed by atoms with Gasteiger partial charge in [-0.15, -0.1) is 0 Å². The number of rotatable bonds is 3. The SMILES string of the molecule is Cc1cccc(OC[C@H](C)O)c1F. The molecule has 0 aromatic heterocycles. The second-order valence-electron chi connectivity index (χ2n) is 3.05. The van der Waals surface area contributed by atoms with Crippen molar-refractivity contribution in [3.8, 4) is 5.75 Å². The van der Waals surface area contributed by atoms with Gasteiger partial charge >= 0.3 is 0 Å². The highest BCUT2D eigenvalue weighted by Gasteiger charge is 2.06. The largest absolute Gasteiger partial charge is 0.488 e. The molecule has 0 aliphatic heterocycles. The molecule has 1 rings (SSSR count). The number of aliphatic hydroxyl groups is 1. The predicted molar refractivity (Wildman–Crippen MR) is 48.3 cm³/mol. The van der Waals surface area contributed by atoms with Gasteiger partial charge < -0.3 is 9.84 Å². The van der Waals surface area contributed by atoms with Gasteiger partial charge in [0.25, 0.3) is 0 Å². The number of aliphatic hydroxyl groups excluding tert-OH is 1. The molecule has 0 radical (unpaired) electrons. The van der Waals surface area contributed by atoms with Gasteiger partial charge in [0.05, 0.1) is 6.10 Å². The summed E-state index contributed by atoms with van der Waals surface area (Å²) in [4.78, 5) is 0. The fourth-order valence-electron chi connectivity index (χ4n) is 0.942. The fraction of sp³-hybridized carbons (Fsp3) is 0.400. The average molecular weight is 184 g/mol. The minimum atomic E-state index is -0.583. The normalized spacial score (nSPS) is 12.6. The third-order valence-corrected chi connectivity index (χ3v) is 1.64. The minimum absolute atomic E-state index is 0.111. The Morgan fingerprint density at radius 1 is 1.54 bits per heavy atom. The first kappa shape index (κ1) is 9.99. The van der Waals surface area contributed by atoms with Crippen molar-refractivity contribution >= 4 is 0 Å². The molecular formula is C10H13FO2. The van der Waals surface area contributed by atoms with Crippen molar-refractivity contribution in [1.82, 2.24) is 0 Å². The molecule has 1 aromatic rings. The molecule has 0 heterocycles. The average Bonchev–Trinajstić information content (AvgIpc) is 2.07. The summed E-state index contributed by atoms with van der Waals surface area (Å²) in [6, 6.07) is 4.94. The molecule has 1 N–H and O–H groups in total. The van der Waals surface area contributed by atoms with Gasteiger partial charge in [0.1, 0.15) is 6.61 Å². The van der Waals surface area contributed by atoms with Crippen molar-refractivity contribution in [2.24, 2.45) is 0 Å². The molecule has 0 amide bonds. The third kappa shape index (κ3) is 2.70. The van der Waals surface area contributed by atoms with Gasteiger partial charge in [-0.25, -0.2) is 4.39 Å². The van der Waals surface area contributed by atoms with Crippen LogP contribution in [0.25, 0.3) is 0 Å². The molecule has 3 heteroatoms. The molecule has 0 aliphatic rings. The van der Waals surface area contributed by atoms with E-state index in [0.29, 0.717) is 5.56 Å². The number of aryl methyl sites for hydroxylation is 1. The molecular weight excluding hydrogens is 171 g/mol. The molecule has 13 heavy (non-hydrogen) atoms. The maximum absolute atomic E-state index is 13.2. The molecule has 1 aromatic carbocycles. The molecule has 0 unspecified atom stereocenters. The van der Waals surface area contributed by atoms with Gasteiger partial charge in [-0.3, -0.25) is 0 Å². The lowest BCUT2D eigenvalue weighted by atomic mass is 10.2. The van der Waals surface area contributed by atoms with Crippen LogP contribution in [-0.2, 0) is 0 Å². The maximum atomic E-state index is 13.2. The Balaban J connectivity index is 2.71. The Morgan fingerprint density at radius 3 is 2.85 bits per heavy atom. The van der Waals surface area contributed by atoms with E-state index in [-0.39, 0.29) is 18.2 Å². The molecule has 1 atom stereocenters. The first-order valence-electron chi connectivity index (χ1n) is 4.17. The molecule has 2 nitrogen and oxygen atoms in total. The van der Waals surface area contributed by atoms with E-state index in [1.54, 1.807) is 32.0 Å². The van der Waals surface area contributed by atoms with Crippen molar-refractivity contribution in [2.45, 2.75) is 20.0 Å². The number of hydrogen-bond donors (Lipinski definition) is 1. The molecule has 0 saturated heterocycles. The topological polar surface area (TPSA) is 29.5 Å². The summed E-state index contributed by atoms with van der Waals surface area (Å²) in [6.07, 6.45) is -0.583. The van der Waals surface area contributed by atoms with Crippen LogP contribution >= 0.6 is 0 Å². The summed E-state index contributed by atoms with van der Waals surface area (Å²) in [6.45, 7) is 3.37. The number of benzene rings is 1. The van der Waals surface area contributed by atoms with Crippen molar-refractivity contribution in [1.29, 1.82) is 0 Å². The molecule has 0 saturated carbocycles. The maximum Gasteiger partial charge on any atom is 0.167 e. The van der Waals surface area contributed by atoms with Gasteiger partial charge in [-0.05, 0) is 25.5 Å². The lowest BCUT2D eigenvalue weighted by Gasteiger charge is -2.09. The second-order valence-corrected chi connectivity index (χ2v) is 3.05. The van der Waals surface area contributed by atoms with Crippen LogP contribution in [-0.4, -0.2) is 17.8 Å². The predicted octanol–water partition coefficient (Wildman–Crippen LogP) is 1.89. The highest BCUT2D eigenvalue weighted by Crippen LogP contribution is 2.19. The second kappa shape index (κ2) is 4.23. The van der Waals surface area contributed by atoms with Crippen LogP contribution < -0.4 is 4.74 Å². The van der Waals surface area contributed by atoms with Crippen LogP contribution in [0, 0.1) is 12.7 Å². The van der Waals surface area contributed by atoms with Crippen LogP contribution in [0.15, 0.2) is 18.2 Å². The van der Waals surface area contributed by atoms with Crippen molar-refractivity contribution in [2.75, 3.05) is 6.61 Å². The van der Waals surface area contributed by atoms with Crippen LogP contribution in [0.1, 0.15) is 12.5 Å². The summed E-state index contributed by atoms with van der Waals surface area (Å²) >= 11 is 0. The number of halogens is 1. The summed E-state index contributed by atoms with van der Waals surface area (Å²) in [7, 11) is 0. The lowest BCUT2D eigenvalue weighted by Crippen LogP contribution is -2.13. The Bertz CT molecular complexity index is 284. The Morgan fingerprint density at radius 2 is 2.23 bits per heavy atom. The van der Waals surface area contributed by atoms with E-state index in [2.05, 4.69) is 0 Å². The van der Waals surface area contributed by atoms with Gasteiger partial charge in [-0.1, -0.05) is 12.1 Å². The fourth-order valence-corrected chi connectivity index (χ4v) is 0.942. The first-order chi connectivity index (χ1) is 6.11. The third-order valence-electron chi connectivity index (χ3n) is 1.64. The summed E-state index contributed by atoms with van der Waals surface area (Å²) in [5.41, 5.74) is 0.545. The van der Waals surface area contributed by atoms with Crippen LogP contribution in [0.4, 0.5) is 4.39 Å². The summed E-state index contributed by atoms with van der Waals surface area (Å²) < 4.78 is 18.3. The van der Waals surface area contributed by atoms with Crippen LogP contribution in [0.3, 0.4) is 0 Å². The van der Waals surface area contributed by atoms with E-state index in [4.69, 9.17) is 9.84 Å². The van der Waals surface area contributed by atoms with E-state index in [9.17, 15) is 4.39 Å². The Hall–Kier alpha value is -1.09. The van der Waals surface area contributed by atoms with Gasteiger partial charge in [0, 0.05) is 0 Å². The smallest absolute Gasteiger partial charge is 0.167 e. The summed E-state index contributed by atoms with van der Waals surface area (Å²) in [5.74, 6) is -0.163. The summed E-state index contributed by atoms with van der Waals surface area (Å²) in [5, 5.41) is 8.93. The standard InChI is InChI=1S/C10H13FO2/c1-7-4-3-5-9(10(7)11)13-6-8(2)12/h3-5,8,12H,6H2,1-2H3/t8-/m0/s1. The van der Waals surface area contributed by atoms with Crippen LogP contribution in [0.2, 0.25) is 0 Å². The zero-order chi connectivity index (χ0) is 9.84. The van der Waals surface area contributed by atoms with E-state index >= 15 is 0 Å².